The highest BCUT2D eigenvalue weighted by Crippen LogP contribution is 2.35. The van der Waals surface area contributed by atoms with Crippen LogP contribution >= 0.6 is 11.6 Å². The Hall–Kier alpha value is -2.39. The van der Waals surface area contributed by atoms with Gasteiger partial charge in [0.25, 0.3) is 0 Å². The number of ether oxygens (including phenoxy) is 3. The summed E-state index contributed by atoms with van der Waals surface area (Å²) in [6, 6.07) is 1.21. The van der Waals surface area contributed by atoms with Crippen LogP contribution in [0.4, 0.5) is 15.3 Å². The molecule has 9 nitrogen and oxygen atoms in total. The van der Waals surface area contributed by atoms with Gasteiger partial charge in [0.1, 0.15) is 16.8 Å². The Kier molecular flexibility index (Phi) is 7.50. The first-order valence-electron chi connectivity index (χ1n) is 9.15. The Labute approximate surface area is 181 Å². The number of pyridine rings is 1. The van der Waals surface area contributed by atoms with Crippen LogP contribution in [0.2, 0.25) is 5.02 Å². The number of aliphatic hydroxyl groups is 1. The molecule has 1 rings (SSSR count). The van der Waals surface area contributed by atoms with Crippen LogP contribution < -0.4 is 4.90 Å². The second-order valence-corrected chi connectivity index (χ2v) is 9.41. The number of aromatic nitrogens is 1. The lowest BCUT2D eigenvalue weighted by Crippen LogP contribution is -2.44. The minimum absolute atomic E-state index is 0.0283. The van der Waals surface area contributed by atoms with Crippen molar-refractivity contribution in [3.05, 3.63) is 22.5 Å². The second-order valence-electron chi connectivity index (χ2n) is 9.04. The maximum absolute atomic E-state index is 12.9. The lowest BCUT2D eigenvalue weighted by atomic mass is 10.0. The first kappa shape index (κ1) is 25.6. The monoisotopic (exact) mass is 444 g/mol. The first-order chi connectivity index (χ1) is 13.4. The molecule has 1 heterocycles. The Morgan fingerprint density at radius 2 is 1.40 bits per heavy atom. The van der Waals surface area contributed by atoms with E-state index >= 15 is 0 Å². The summed E-state index contributed by atoms with van der Waals surface area (Å²) in [4.78, 5) is 42.6. The summed E-state index contributed by atoms with van der Waals surface area (Å²) >= 11 is 6.33. The SMILES string of the molecule is COC(=O)c1nc(C(C)(C)O)cc(N(C(=O)OC(C)(C)C)C(=O)OC(C)(C)C)c1Cl. The lowest BCUT2D eigenvalue weighted by Gasteiger charge is -2.30. The van der Waals surface area contributed by atoms with Gasteiger partial charge in [-0.25, -0.2) is 19.4 Å². The molecule has 0 saturated heterocycles. The summed E-state index contributed by atoms with van der Waals surface area (Å²) < 4.78 is 15.3. The van der Waals surface area contributed by atoms with Crippen molar-refractivity contribution in [1.29, 1.82) is 0 Å². The summed E-state index contributed by atoms with van der Waals surface area (Å²) in [5.74, 6) is -0.916. The van der Waals surface area contributed by atoms with Crippen LogP contribution in [0, 0.1) is 0 Å². The second kappa shape index (κ2) is 8.77. The number of imide groups is 1. The summed E-state index contributed by atoms with van der Waals surface area (Å²) in [5, 5.41) is 10.1. The van der Waals surface area contributed by atoms with Crippen LogP contribution in [-0.2, 0) is 19.8 Å². The van der Waals surface area contributed by atoms with Crippen molar-refractivity contribution in [3.8, 4) is 0 Å². The molecular weight excluding hydrogens is 416 g/mol. The van der Waals surface area contributed by atoms with Crippen molar-refractivity contribution in [2.24, 2.45) is 0 Å². The van der Waals surface area contributed by atoms with E-state index in [2.05, 4.69) is 9.72 Å². The predicted molar refractivity (Wildman–Crippen MR) is 111 cm³/mol. The van der Waals surface area contributed by atoms with E-state index in [9.17, 15) is 19.5 Å². The number of methoxy groups -OCH3 is 1. The third kappa shape index (κ3) is 6.84. The largest absolute Gasteiger partial charge is 0.464 e. The number of rotatable bonds is 3. The number of anilines is 1. The van der Waals surface area contributed by atoms with Crippen LogP contribution in [-0.4, -0.2) is 46.6 Å². The molecular formula is C20H29ClN2O7. The van der Waals surface area contributed by atoms with Gasteiger partial charge < -0.3 is 19.3 Å². The number of esters is 1. The number of amides is 2. The van der Waals surface area contributed by atoms with Crippen LogP contribution in [0.15, 0.2) is 6.07 Å². The van der Waals surface area contributed by atoms with Crippen molar-refractivity contribution in [1.82, 2.24) is 4.98 Å². The highest BCUT2D eigenvalue weighted by molar-refractivity contribution is 6.37. The van der Waals surface area contributed by atoms with Gasteiger partial charge in [-0.05, 0) is 61.5 Å². The van der Waals surface area contributed by atoms with Gasteiger partial charge in [0.05, 0.1) is 23.5 Å². The molecule has 0 atom stereocenters. The third-order valence-electron chi connectivity index (χ3n) is 3.34. The van der Waals surface area contributed by atoms with Crippen LogP contribution in [0.3, 0.4) is 0 Å². The number of carbonyl (C=O) groups excluding carboxylic acids is 3. The van der Waals surface area contributed by atoms with Gasteiger partial charge in [-0.15, -0.1) is 0 Å². The van der Waals surface area contributed by atoms with Gasteiger partial charge in [0, 0.05) is 0 Å². The van der Waals surface area contributed by atoms with Gasteiger partial charge in [0.15, 0.2) is 5.69 Å². The van der Waals surface area contributed by atoms with Crippen molar-refractivity contribution < 1.29 is 33.7 Å². The van der Waals surface area contributed by atoms with Gasteiger partial charge in [-0.1, -0.05) is 11.6 Å². The van der Waals surface area contributed by atoms with E-state index in [1.54, 1.807) is 41.5 Å². The molecule has 0 bridgehead atoms. The number of nitrogens with zero attached hydrogens (tertiary/aromatic N) is 2. The van der Waals surface area contributed by atoms with E-state index in [1.807, 2.05) is 0 Å². The van der Waals surface area contributed by atoms with E-state index in [-0.39, 0.29) is 22.1 Å². The normalized spacial score (nSPS) is 12.2. The smallest absolute Gasteiger partial charge is 0.424 e. The fraction of sp³-hybridized carbons (Fsp3) is 0.600. The molecule has 0 radical (unpaired) electrons. The zero-order valence-electron chi connectivity index (χ0n) is 18.7. The molecule has 0 saturated carbocycles. The molecule has 0 aliphatic rings. The van der Waals surface area contributed by atoms with Crippen molar-refractivity contribution in [2.45, 2.75) is 72.2 Å². The van der Waals surface area contributed by atoms with Crippen LogP contribution in [0.1, 0.15) is 71.6 Å². The van der Waals surface area contributed by atoms with Gasteiger partial charge in [0.2, 0.25) is 0 Å². The molecule has 1 aromatic heterocycles. The Balaban J connectivity index is 3.78. The van der Waals surface area contributed by atoms with Crippen LogP contribution in [0.5, 0.6) is 0 Å². The molecule has 0 spiro atoms. The number of halogens is 1. The molecule has 0 fully saturated rings. The Bertz CT molecular complexity index is 805. The average molecular weight is 445 g/mol. The molecule has 10 heteroatoms. The predicted octanol–water partition coefficient (Wildman–Crippen LogP) is 4.43. The molecule has 30 heavy (non-hydrogen) atoms. The number of carbonyl (C=O) groups is 3. The van der Waals surface area contributed by atoms with Gasteiger partial charge >= 0.3 is 18.2 Å². The zero-order valence-corrected chi connectivity index (χ0v) is 19.5. The molecule has 1 N–H and O–H groups in total. The Morgan fingerprint density at radius 1 is 0.967 bits per heavy atom. The molecule has 1 aromatic rings. The average Bonchev–Trinajstić information content (AvgIpc) is 2.51. The third-order valence-corrected chi connectivity index (χ3v) is 3.71. The zero-order chi connectivity index (χ0) is 23.7. The standard InChI is InChI=1S/C20H29ClN2O7/c1-18(2,3)29-16(25)23(17(26)30-19(4,5)6)11-10-12(20(7,8)27)22-14(13(11)21)15(24)28-9/h10,27H,1-9H3. The maximum atomic E-state index is 12.9. The summed E-state index contributed by atoms with van der Waals surface area (Å²) in [7, 11) is 1.12. The molecule has 2 amide bonds. The molecule has 0 aromatic carbocycles. The maximum Gasteiger partial charge on any atom is 0.424 e. The highest BCUT2D eigenvalue weighted by atomic mass is 35.5. The van der Waals surface area contributed by atoms with Crippen molar-refractivity contribution in [3.63, 3.8) is 0 Å². The fourth-order valence-electron chi connectivity index (χ4n) is 2.11. The quantitative estimate of drug-likeness (QED) is 0.537. The molecule has 0 aliphatic carbocycles. The lowest BCUT2D eigenvalue weighted by molar-refractivity contribution is 0.0425. The van der Waals surface area contributed by atoms with E-state index in [0.29, 0.717) is 4.90 Å². The van der Waals surface area contributed by atoms with Crippen molar-refractivity contribution in [2.75, 3.05) is 12.0 Å². The van der Waals surface area contributed by atoms with Gasteiger partial charge in [-0.2, -0.15) is 4.90 Å². The summed E-state index contributed by atoms with van der Waals surface area (Å²) in [6.45, 7) is 12.5. The summed E-state index contributed by atoms with van der Waals surface area (Å²) in [5.41, 5.74) is -4.07. The molecule has 168 valence electrons. The van der Waals surface area contributed by atoms with E-state index in [4.69, 9.17) is 21.1 Å². The van der Waals surface area contributed by atoms with Crippen molar-refractivity contribution >= 4 is 35.4 Å². The number of hydrogen-bond donors (Lipinski definition) is 1. The topological polar surface area (TPSA) is 115 Å². The van der Waals surface area contributed by atoms with Gasteiger partial charge in [-0.3, -0.25) is 0 Å². The fourth-order valence-corrected chi connectivity index (χ4v) is 2.37. The van der Waals surface area contributed by atoms with E-state index in [0.717, 1.165) is 7.11 Å². The van der Waals surface area contributed by atoms with E-state index in [1.165, 1.54) is 19.9 Å². The minimum Gasteiger partial charge on any atom is -0.464 e. The number of hydrogen-bond acceptors (Lipinski definition) is 8. The highest BCUT2D eigenvalue weighted by Gasteiger charge is 2.37. The summed E-state index contributed by atoms with van der Waals surface area (Å²) in [6.07, 6.45) is -2.16. The molecule has 0 aliphatic heterocycles. The first-order valence-corrected chi connectivity index (χ1v) is 9.53. The van der Waals surface area contributed by atoms with Crippen LogP contribution in [0.25, 0.3) is 0 Å². The van der Waals surface area contributed by atoms with E-state index < -0.39 is 35.0 Å². The minimum atomic E-state index is -1.53. The molecule has 0 unspecified atom stereocenters. The Morgan fingerprint density at radius 3 is 1.73 bits per heavy atom.